The third kappa shape index (κ3) is 8.18. The molecule has 0 N–H and O–H groups in total. The summed E-state index contributed by atoms with van der Waals surface area (Å²) >= 11 is 5.88. The van der Waals surface area contributed by atoms with E-state index in [1.54, 1.807) is 60.7 Å². The molecule has 0 saturated heterocycles. The first-order valence-corrected chi connectivity index (χ1v) is 12.6. The number of carbonyl (C=O) groups is 1. The highest BCUT2D eigenvalue weighted by atomic mass is 35.5. The molecule has 0 heterocycles. The minimum absolute atomic E-state index is 0.468. The first kappa shape index (κ1) is 26.9. The van der Waals surface area contributed by atoms with E-state index in [2.05, 4.69) is 0 Å². The maximum atomic E-state index is 12.5. The largest absolute Gasteiger partial charge is 0.493 e. The average molecular weight is 533 g/mol. The van der Waals surface area contributed by atoms with Gasteiger partial charge in [0, 0.05) is 17.0 Å². The van der Waals surface area contributed by atoms with Crippen molar-refractivity contribution in [3.63, 3.8) is 0 Å². The molecule has 4 aromatic rings. The summed E-state index contributed by atoms with van der Waals surface area (Å²) in [5.74, 6) is 2.18. The van der Waals surface area contributed by atoms with Gasteiger partial charge in [-0.1, -0.05) is 54.1 Å². The van der Waals surface area contributed by atoms with Crippen molar-refractivity contribution < 1.29 is 28.5 Å². The molecular formula is C31H29ClO6. The van der Waals surface area contributed by atoms with Crippen LogP contribution in [0.2, 0.25) is 5.02 Å². The standard InChI is InChI=1S/C31H29ClO6/c1-34-31(33)30(38-29-18-16-28(17-19-29)37-22-23-6-3-2-4-7-23)24-8-12-26(13-9-24)35-20-5-21-36-27-14-10-25(32)11-15-27/h2-4,6-19,30H,5,20-22H2,1H3. The van der Waals surface area contributed by atoms with Crippen LogP contribution in [0.5, 0.6) is 23.0 Å². The molecule has 4 aromatic carbocycles. The Balaban J connectivity index is 1.27. The lowest BCUT2D eigenvalue weighted by molar-refractivity contribution is -0.149. The Bertz CT molecular complexity index is 1260. The van der Waals surface area contributed by atoms with Gasteiger partial charge in [0.1, 0.15) is 29.6 Å². The zero-order valence-corrected chi connectivity index (χ0v) is 21.8. The van der Waals surface area contributed by atoms with Gasteiger partial charge in [-0.05, 0) is 66.2 Å². The zero-order chi connectivity index (χ0) is 26.6. The Hall–Kier alpha value is -4.16. The van der Waals surface area contributed by atoms with Gasteiger partial charge >= 0.3 is 5.97 Å². The van der Waals surface area contributed by atoms with E-state index >= 15 is 0 Å². The van der Waals surface area contributed by atoms with Crippen LogP contribution in [0.4, 0.5) is 0 Å². The fourth-order valence-corrected chi connectivity index (χ4v) is 3.69. The molecular weight excluding hydrogens is 504 g/mol. The van der Waals surface area contributed by atoms with Crippen LogP contribution in [-0.4, -0.2) is 26.3 Å². The number of esters is 1. The van der Waals surface area contributed by atoms with Gasteiger partial charge in [0.2, 0.25) is 6.10 Å². The Kier molecular flexibility index (Phi) is 9.88. The number of rotatable bonds is 13. The van der Waals surface area contributed by atoms with Crippen LogP contribution < -0.4 is 18.9 Å². The molecule has 0 amide bonds. The van der Waals surface area contributed by atoms with Crippen molar-refractivity contribution in [2.45, 2.75) is 19.1 Å². The number of halogens is 1. The van der Waals surface area contributed by atoms with Gasteiger partial charge in [0.25, 0.3) is 0 Å². The number of ether oxygens (including phenoxy) is 5. The Labute approximate surface area is 227 Å². The van der Waals surface area contributed by atoms with Crippen molar-refractivity contribution in [3.8, 4) is 23.0 Å². The molecule has 1 unspecified atom stereocenters. The fraction of sp³-hybridized carbons (Fsp3) is 0.194. The van der Waals surface area contributed by atoms with Crippen LogP contribution >= 0.6 is 11.6 Å². The van der Waals surface area contributed by atoms with Crippen molar-refractivity contribution in [2.24, 2.45) is 0 Å². The van der Waals surface area contributed by atoms with Crippen LogP contribution in [0, 0.1) is 0 Å². The summed E-state index contributed by atoms with van der Waals surface area (Å²) in [5.41, 5.74) is 1.73. The van der Waals surface area contributed by atoms with Crippen molar-refractivity contribution in [3.05, 3.63) is 119 Å². The van der Waals surface area contributed by atoms with Gasteiger partial charge < -0.3 is 23.7 Å². The summed E-state index contributed by atoms with van der Waals surface area (Å²) in [4.78, 5) is 12.5. The second-order valence-corrected chi connectivity index (χ2v) is 8.78. The number of carbonyl (C=O) groups excluding carboxylic acids is 1. The smallest absolute Gasteiger partial charge is 0.351 e. The van der Waals surface area contributed by atoms with Crippen LogP contribution in [0.25, 0.3) is 0 Å². The molecule has 38 heavy (non-hydrogen) atoms. The highest BCUT2D eigenvalue weighted by Gasteiger charge is 2.23. The first-order valence-electron chi connectivity index (χ1n) is 12.2. The quantitative estimate of drug-likeness (QED) is 0.136. The summed E-state index contributed by atoms with van der Waals surface area (Å²) < 4.78 is 28.2. The summed E-state index contributed by atoms with van der Waals surface area (Å²) in [6.45, 7) is 1.48. The normalized spacial score (nSPS) is 11.3. The van der Waals surface area contributed by atoms with Crippen LogP contribution in [-0.2, 0) is 16.1 Å². The maximum Gasteiger partial charge on any atom is 0.351 e. The summed E-state index contributed by atoms with van der Waals surface area (Å²) in [5, 5.41) is 0.672. The molecule has 0 aliphatic carbocycles. The molecule has 0 saturated carbocycles. The van der Waals surface area contributed by atoms with Crippen molar-refractivity contribution in [1.29, 1.82) is 0 Å². The lowest BCUT2D eigenvalue weighted by atomic mass is 10.1. The minimum Gasteiger partial charge on any atom is -0.493 e. The lowest BCUT2D eigenvalue weighted by Gasteiger charge is -2.18. The number of hydrogen-bond donors (Lipinski definition) is 0. The molecule has 0 fully saturated rings. The lowest BCUT2D eigenvalue weighted by Crippen LogP contribution is -2.20. The maximum absolute atomic E-state index is 12.5. The van der Waals surface area contributed by atoms with Crippen molar-refractivity contribution in [1.82, 2.24) is 0 Å². The van der Waals surface area contributed by atoms with Crippen molar-refractivity contribution in [2.75, 3.05) is 20.3 Å². The third-order valence-electron chi connectivity index (χ3n) is 5.56. The number of methoxy groups -OCH3 is 1. The second kappa shape index (κ2) is 14.0. The molecule has 0 bridgehead atoms. The van der Waals surface area contributed by atoms with Crippen molar-refractivity contribution >= 4 is 17.6 Å². The summed E-state index contributed by atoms with van der Waals surface area (Å²) in [6, 6.07) is 31.5. The van der Waals surface area contributed by atoms with Gasteiger partial charge in [-0.3, -0.25) is 0 Å². The topological polar surface area (TPSA) is 63.2 Å². The predicted octanol–water partition coefficient (Wildman–Crippen LogP) is 7.06. The second-order valence-electron chi connectivity index (χ2n) is 8.34. The molecule has 7 heteroatoms. The van der Waals surface area contributed by atoms with Gasteiger partial charge in [-0.25, -0.2) is 4.79 Å². The van der Waals surface area contributed by atoms with E-state index < -0.39 is 12.1 Å². The Morgan fingerprint density at radius 1 is 0.684 bits per heavy atom. The van der Waals surface area contributed by atoms with E-state index in [1.165, 1.54) is 7.11 Å². The monoisotopic (exact) mass is 532 g/mol. The summed E-state index contributed by atoms with van der Waals surface area (Å²) in [7, 11) is 1.34. The molecule has 1 atom stereocenters. The van der Waals surface area contributed by atoms with E-state index in [0.29, 0.717) is 54.1 Å². The molecule has 4 rings (SSSR count). The highest BCUT2D eigenvalue weighted by Crippen LogP contribution is 2.27. The molecule has 6 nitrogen and oxygen atoms in total. The summed E-state index contributed by atoms with van der Waals surface area (Å²) in [6.07, 6.45) is -0.207. The molecule has 0 radical (unpaired) electrons. The van der Waals surface area contributed by atoms with Crippen LogP contribution in [0.1, 0.15) is 23.7 Å². The molecule has 0 aliphatic rings. The average Bonchev–Trinajstić information content (AvgIpc) is 2.97. The van der Waals surface area contributed by atoms with Gasteiger partial charge in [0.05, 0.1) is 20.3 Å². The molecule has 0 spiro atoms. The fourth-order valence-electron chi connectivity index (χ4n) is 3.56. The van der Waals surface area contributed by atoms with E-state index in [0.717, 1.165) is 11.3 Å². The van der Waals surface area contributed by atoms with E-state index in [9.17, 15) is 4.79 Å². The van der Waals surface area contributed by atoms with E-state index in [4.69, 9.17) is 35.3 Å². The first-order chi connectivity index (χ1) is 18.6. The predicted molar refractivity (Wildman–Crippen MR) is 146 cm³/mol. The minimum atomic E-state index is -0.919. The Morgan fingerprint density at radius 3 is 1.82 bits per heavy atom. The molecule has 0 aromatic heterocycles. The molecule has 0 aliphatic heterocycles. The van der Waals surface area contributed by atoms with Gasteiger partial charge in [0.15, 0.2) is 0 Å². The van der Waals surface area contributed by atoms with Gasteiger partial charge in [-0.15, -0.1) is 0 Å². The third-order valence-corrected chi connectivity index (χ3v) is 5.82. The SMILES string of the molecule is COC(=O)C(Oc1ccc(OCc2ccccc2)cc1)c1ccc(OCCCOc2ccc(Cl)cc2)cc1. The number of hydrogen-bond acceptors (Lipinski definition) is 6. The van der Waals surface area contributed by atoms with Crippen LogP contribution in [0.15, 0.2) is 103 Å². The number of benzene rings is 4. The van der Waals surface area contributed by atoms with E-state index in [-0.39, 0.29) is 0 Å². The zero-order valence-electron chi connectivity index (χ0n) is 21.0. The van der Waals surface area contributed by atoms with Crippen LogP contribution in [0.3, 0.4) is 0 Å². The van der Waals surface area contributed by atoms with E-state index in [1.807, 2.05) is 42.5 Å². The highest BCUT2D eigenvalue weighted by molar-refractivity contribution is 6.30. The molecule has 196 valence electrons. The Morgan fingerprint density at radius 2 is 1.21 bits per heavy atom. The van der Waals surface area contributed by atoms with Gasteiger partial charge in [-0.2, -0.15) is 0 Å².